The highest BCUT2D eigenvalue weighted by molar-refractivity contribution is 5.92. The van der Waals surface area contributed by atoms with Crippen molar-refractivity contribution in [1.29, 1.82) is 0 Å². The molecule has 0 radical (unpaired) electrons. The minimum Gasteiger partial charge on any atom is -0.491 e. The summed E-state index contributed by atoms with van der Waals surface area (Å²) in [7, 11) is 0. The molecule has 2 aromatic carbocycles. The van der Waals surface area contributed by atoms with Crippen LogP contribution in [0, 0.1) is 0 Å². The molecule has 148 valence electrons. The third kappa shape index (κ3) is 5.25. The molecule has 0 spiro atoms. The lowest BCUT2D eigenvalue weighted by atomic mass is 9.91. The van der Waals surface area contributed by atoms with Crippen LogP contribution in [0.1, 0.15) is 41.3 Å². The van der Waals surface area contributed by atoms with E-state index in [0.29, 0.717) is 31.0 Å². The number of anilines is 1. The zero-order valence-corrected chi connectivity index (χ0v) is 16.1. The van der Waals surface area contributed by atoms with Crippen LogP contribution in [0.15, 0.2) is 42.5 Å². The number of esters is 1. The molecule has 0 fully saturated rings. The van der Waals surface area contributed by atoms with Crippen LogP contribution in [0.3, 0.4) is 0 Å². The summed E-state index contributed by atoms with van der Waals surface area (Å²) in [5.41, 5.74) is 3.73. The highest BCUT2D eigenvalue weighted by Gasteiger charge is 2.13. The van der Waals surface area contributed by atoms with Gasteiger partial charge in [0.15, 0.2) is 0 Å². The third-order valence-corrected chi connectivity index (χ3v) is 4.65. The first kappa shape index (κ1) is 19.7. The minimum atomic E-state index is -0.376. The molecule has 0 aliphatic heterocycles. The molecule has 2 N–H and O–H groups in total. The largest absolute Gasteiger partial charge is 0.491 e. The van der Waals surface area contributed by atoms with Gasteiger partial charge in [-0.1, -0.05) is 12.1 Å². The fourth-order valence-corrected chi connectivity index (χ4v) is 3.29. The number of hydrogen-bond acceptors (Lipinski definition) is 4. The van der Waals surface area contributed by atoms with Crippen molar-refractivity contribution in [2.24, 2.45) is 0 Å². The predicted molar refractivity (Wildman–Crippen MR) is 108 cm³/mol. The number of aryl methyl sites for hydroxylation is 1. The van der Waals surface area contributed by atoms with Crippen LogP contribution >= 0.6 is 0 Å². The van der Waals surface area contributed by atoms with Crippen molar-refractivity contribution < 1.29 is 19.1 Å². The lowest BCUT2D eigenvalue weighted by Crippen LogP contribution is -2.32. The monoisotopic (exact) mass is 382 g/mol. The zero-order valence-electron chi connectivity index (χ0n) is 16.1. The maximum atomic E-state index is 12.0. The highest BCUT2D eigenvalue weighted by atomic mass is 16.5. The molecule has 0 bridgehead atoms. The van der Waals surface area contributed by atoms with E-state index in [-0.39, 0.29) is 12.0 Å². The number of hydrogen-bond donors (Lipinski definition) is 2. The molecule has 28 heavy (non-hydrogen) atoms. The SMILES string of the molecule is CCOC(=O)c1ccc(NC(=O)NCCOc2cccc3c2CCCC3)cc1. The van der Waals surface area contributed by atoms with Crippen molar-refractivity contribution in [1.82, 2.24) is 5.32 Å². The van der Waals surface area contributed by atoms with Crippen LogP contribution in [-0.4, -0.2) is 31.8 Å². The van der Waals surface area contributed by atoms with Crippen molar-refractivity contribution in [3.05, 3.63) is 59.2 Å². The second-order valence-corrected chi connectivity index (χ2v) is 6.63. The van der Waals surface area contributed by atoms with Crippen molar-refractivity contribution >= 4 is 17.7 Å². The quantitative estimate of drug-likeness (QED) is 0.562. The molecule has 1 aliphatic rings. The van der Waals surface area contributed by atoms with Gasteiger partial charge in [0.05, 0.1) is 18.7 Å². The highest BCUT2D eigenvalue weighted by Crippen LogP contribution is 2.29. The van der Waals surface area contributed by atoms with E-state index in [2.05, 4.69) is 16.7 Å². The Morgan fingerprint density at radius 1 is 1.04 bits per heavy atom. The summed E-state index contributed by atoms with van der Waals surface area (Å²) in [6.45, 7) is 2.89. The molecule has 6 nitrogen and oxygen atoms in total. The smallest absolute Gasteiger partial charge is 0.338 e. The first-order valence-electron chi connectivity index (χ1n) is 9.73. The van der Waals surface area contributed by atoms with Crippen LogP contribution in [-0.2, 0) is 17.6 Å². The Bertz CT molecular complexity index is 818. The van der Waals surface area contributed by atoms with Gasteiger partial charge in [-0.15, -0.1) is 0 Å². The maximum Gasteiger partial charge on any atom is 0.338 e. The molecule has 0 heterocycles. The average Bonchev–Trinajstić information content (AvgIpc) is 2.72. The Hall–Kier alpha value is -3.02. The Kier molecular flexibility index (Phi) is 6.89. The fraction of sp³-hybridized carbons (Fsp3) is 0.364. The van der Waals surface area contributed by atoms with Gasteiger partial charge in [0.2, 0.25) is 0 Å². The zero-order chi connectivity index (χ0) is 19.8. The summed E-state index contributed by atoms with van der Waals surface area (Å²) in [4.78, 5) is 23.6. The van der Waals surface area contributed by atoms with Crippen molar-refractivity contribution in [3.63, 3.8) is 0 Å². The number of carbonyl (C=O) groups excluding carboxylic acids is 2. The van der Waals surface area contributed by atoms with E-state index < -0.39 is 0 Å². The molecule has 0 aromatic heterocycles. The number of fused-ring (bicyclic) bond motifs is 1. The van der Waals surface area contributed by atoms with Crippen LogP contribution in [0.5, 0.6) is 5.75 Å². The molecule has 0 unspecified atom stereocenters. The number of amides is 2. The van der Waals surface area contributed by atoms with Gasteiger partial charge >= 0.3 is 12.0 Å². The molecule has 1 aliphatic carbocycles. The molecule has 0 saturated carbocycles. The molecular formula is C22H26N2O4. The van der Waals surface area contributed by atoms with Crippen LogP contribution in [0.2, 0.25) is 0 Å². The Balaban J connectivity index is 1.42. The van der Waals surface area contributed by atoms with Gasteiger partial charge in [-0.2, -0.15) is 0 Å². The van der Waals surface area contributed by atoms with Gasteiger partial charge in [0.25, 0.3) is 0 Å². The Labute approximate surface area is 165 Å². The average molecular weight is 382 g/mol. The number of ether oxygens (including phenoxy) is 2. The number of carbonyl (C=O) groups is 2. The number of rotatable bonds is 7. The standard InChI is InChI=1S/C22H26N2O4/c1-2-27-21(25)17-10-12-18(13-11-17)24-22(26)23-14-15-28-20-9-5-7-16-6-3-4-8-19(16)20/h5,7,9-13H,2-4,6,8,14-15H2,1H3,(H2,23,24,26). The van der Waals surface area contributed by atoms with Crippen molar-refractivity contribution in [3.8, 4) is 5.75 Å². The lowest BCUT2D eigenvalue weighted by molar-refractivity contribution is 0.0526. The molecule has 2 aromatic rings. The summed E-state index contributed by atoms with van der Waals surface area (Å²) in [6, 6.07) is 12.4. The second kappa shape index (κ2) is 9.78. The van der Waals surface area contributed by atoms with Gasteiger partial charge in [0.1, 0.15) is 12.4 Å². The minimum absolute atomic E-state index is 0.317. The van der Waals surface area contributed by atoms with Gasteiger partial charge in [-0.3, -0.25) is 0 Å². The summed E-state index contributed by atoms with van der Waals surface area (Å²) in [5, 5.41) is 5.50. The second-order valence-electron chi connectivity index (χ2n) is 6.63. The van der Waals surface area contributed by atoms with E-state index in [4.69, 9.17) is 9.47 Å². The first-order chi connectivity index (χ1) is 13.7. The van der Waals surface area contributed by atoms with Crippen LogP contribution in [0.25, 0.3) is 0 Å². The molecule has 6 heteroatoms. The van der Waals surface area contributed by atoms with Crippen molar-refractivity contribution in [2.75, 3.05) is 25.1 Å². The Morgan fingerprint density at radius 3 is 2.61 bits per heavy atom. The van der Waals surface area contributed by atoms with E-state index in [1.807, 2.05) is 12.1 Å². The molecule has 3 rings (SSSR count). The van der Waals surface area contributed by atoms with Crippen molar-refractivity contribution in [2.45, 2.75) is 32.6 Å². The van der Waals surface area contributed by atoms with Crippen LogP contribution < -0.4 is 15.4 Å². The van der Waals surface area contributed by atoms with Gasteiger partial charge in [-0.05, 0) is 74.1 Å². The Morgan fingerprint density at radius 2 is 1.82 bits per heavy atom. The van der Waals surface area contributed by atoms with E-state index in [0.717, 1.165) is 18.6 Å². The fourth-order valence-electron chi connectivity index (χ4n) is 3.29. The summed E-state index contributed by atoms with van der Waals surface area (Å²) in [5.74, 6) is 0.549. The van der Waals surface area contributed by atoms with Gasteiger partial charge in [0, 0.05) is 5.69 Å². The lowest BCUT2D eigenvalue weighted by Gasteiger charge is -2.19. The van der Waals surface area contributed by atoms with Crippen LogP contribution in [0.4, 0.5) is 10.5 Å². The summed E-state index contributed by atoms with van der Waals surface area (Å²) < 4.78 is 10.8. The first-order valence-corrected chi connectivity index (χ1v) is 9.73. The predicted octanol–water partition coefficient (Wildman–Crippen LogP) is 3.94. The normalized spacial score (nSPS) is 12.6. The molecule has 0 saturated heterocycles. The third-order valence-electron chi connectivity index (χ3n) is 4.65. The molecule has 2 amide bonds. The molecular weight excluding hydrogens is 356 g/mol. The number of urea groups is 1. The van der Waals surface area contributed by atoms with E-state index >= 15 is 0 Å². The van der Waals surface area contributed by atoms with Gasteiger partial charge < -0.3 is 20.1 Å². The summed E-state index contributed by atoms with van der Waals surface area (Å²) in [6.07, 6.45) is 4.60. The van der Waals surface area contributed by atoms with E-state index in [1.165, 1.54) is 24.0 Å². The van der Waals surface area contributed by atoms with E-state index in [9.17, 15) is 9.59 Å². The summed E-state index contributed by atoms with van der Waals surface area (Å²) >= 11 is 0. The number of benzene rings is 2. The van der Waals surface area contributed by atoms with E-state index in [1.54, 1.807) is 31.2 Å². The maximum absolute atomic E-state index is 12.0. The topological polar surface area (TPSA) is 76.7 Å². The molecule has 0 atom stereocenters. The van der Waals surface area contributed by atoms with Gasteiger partial charge in [-0.25, -0.2) is 9.59 Å². The number of nitrogens with one attached hydrogen (secondary N) is 2.